The second-order valence-electron chi connectivity index (χ2n) is 5.78. The van der Waals surface area contributed by atoms with Crippen molar-refractivity contribution in [2.24, 2.45) is 0 Å². The fraction of sp³-hybridized carbons (Fsp3) is 0.316. The van der Waals surface area contributed by atoms with Crippen molar-refractivity contribution < 1.29 is 14.1 Å². The van der Waals surface area contributed by atoms with Crippen molar-refractivity contribution in [3.63, 3.8) is 0 Å². The predicted octanol–water partition coefficient (Wildman–Crippen LogP) is 3.84. The average Bonchev–Trinajstić information content (AvgIpc) is 3.35. The van der Waals surface area contributed by atoms with Gasteiger partial charge in [-0.25, -0.2) is 0 Å². The third-order valence-electron chi connectivity index (χ3n) is 3.73. The van der Waals surface area contributed by atoms with Crippen LogP contribution in [0.15, 0.2) is 46.3 Å². The lowest BCUT2D eigenvalue weighted by molar-refractivity contribution is -0.123. The monoisotopic (exact) mass is 371 g/mol. The first-order chi connectivity index (χ1) is 12.7. The van der Waals surface area contributed by atoms with Gasteiger partial charge in [0.15, 0.2) is 6.61 Å². The first-order valence-corrected chi connectivity index (χ1v) is 9.47. The van der Waals surface area contributed by atoms with Gasteiger partial charge in [0.2, 0.25) is 11.7 Å². The zero-order valence-corrected chi connectivity index (χ0v) is 15.4. The van der Waals surface area contributed by atoms with Gasteiger partial charge in [0, 0.05) is 16.9 Å². The summed E-state index contributed by atoms with van der Waals surface area (Å²) < 4.78 is 10.8. The zero-order valence-electron chi connectivity index (χ0n) is 14.6. The Bertz CT molecular complexity index is 813. The molecule has 0 aliphatic carbocycles. The molecule has 0 aliphatic heterocycles. The normalized spacial score (nSPS) is 10.7. The highest BCUT2D eigenvalue weighted by molar-refractivity contribution is 7.09. The largest absolute Gasteiger partial charge is 0.484 e. The smallest absolute Gasteiger partial charge is 0.258 e. The van der Waals surface area contributed by atoms with Crippen LogP contribution < -0.4 is 10.1 Å². The quantitative estimate of drug-likeness (QED) is 0.618. The molecule has 0 aliphatic rings. The summed E-state index contributed by atoms with van der Waals surface area (Å²) in [5.74, 6) is 1.69. The van der Waals surface area contributed by atoms with E-state index in [9.17, 15) is 4.79 Å². The number of hydrogen-bond donors (Lipinski definition) is 1. The van der Waals surface area contributed by atoms with Gasteiger partial charge in [-0.15, -0.1) is 11.3 Å². The first-order valence-electron chi connectivity index (χ1n) is 8.59. The second-order valence-corrected chi connectivity index (χ2v) is 6.82. The maximum atomic E-state index is 11.8. The van der Waals surface area contributed by atoms with Crippen molar-refractivity contribution in [1.29, 1.82) is 0 Å². The molecule has 1 N–H and O–H groups in total. The lowest BCUT2D eigenvalue weighted by Crippen LogP contribution is -2.28. The Morgan fingerprint density at radius 1 is 1.27 bits per heavy atom. The number of thiophene rings is 1. The van der Waals surface area contributed by atoms with Gasteiger partial charge < -0.3 is 14.6 Å². The maximum Gasteiger partial charge on any atom is 0.258 e. The van der Waals surface area contributed by atoms with E-state index in [2.05, 4.69) is 22.4 Å². The summed E-state index contributed by atoms with van der Waals surface area (Å²) in [4.78, 5) is 17.3. The number of rotatable bonds is 9. The Hall–Kier alpha value is -2.67. The molecule has 7 heteroatoms. The van der Waals surface area contributed by atoms with Crippen LogP contribution >= 0.6 is 11.3 Å². The number of aryl methyl sites for hydroxylation is 1. The molecule has 0 radical (unpaired) electrons. The van der Waals surface area contributed by atoms with Crippen LogP contribution in [-0.4, -0.2) is 22.7 Å². The van der Waals surface area contributed by atoms with E-state index in [1.54, 1.807) is 23.5 Å². The molecular formula is C19H21N3O3S. The van der Waals surface area contributed by atoms with Gasteiger partial charge >= 0.3 is 0 Å². The molecule has 0 saturated carbocycles. The Morgan fingerprint density at radius 2 is 2.12 bits per heavy atom. The highest BCUT2D eigenvalue weighted by Crippen LogP contribution is 2.20. The van der Waals surface area contributed by atoms with Gasteiger partial charge in [-0.2, -0.15) is 4.98 Å². The van der Waals surface area contributed by atoms with Gasteiger partial charge in [0.1, 0.15) is 5.75 Å². The lowest BCUT2D eigenvalue weighted by Gasteiger charge is -2.07. The Kier molecular flexibility index (Phi) is 6.38. The van der Waals surface area contributed by atoms with Crippen molar-refractivity contribution in [3.05, 3.63) is 52.5 Å². The van der Waals surface area contributed by atoms with Crippen molar-refractivity contribution in [3.8, 4) is 17.1 Å². The molecule has 0 bridgehead atoms. The molecule has 0 saturated heterocycles. The number of carbonyl (C=O) groups is 1. The van der Waals surface area contributed by atoms with E-state index in [0.717, 1.165) is 29.7 Å². The Morgan fingerprint density at radius 3 is 2.85 bits per heavy atom. The zero-order chi connectivity index (χ0) is 18.2. The van der Waals surface area contributed by atoms with Gasteiger partial charge in [-0.05, 0) is 42.1 Å². The molecule has 0 fully saturated rings. The SMILES string of the molecule is CCCCc1nc(-c2ccc(OCC(=O)NCc3cccs3)cc2)no1. The molecule has 3 aromatic rings. The molecule has 2 heterocycles. The molecule has 0 spiro atoms. The molecule has 0 unspecified atom stereocenters. The van der Waals surface area contributed by atoms with E-state index < -0.39 is 0 Å². The topological polar surface area (TPSA) is 77.2 Å². The van der Waals surface area contributed by atoms with Gasteiger partial charge in [0.05, 0.1) is 6.54 Å². The maximum absolute atomic E-state index is 11.8. The van der Waals surface area contributed by atoms with Crippen LogP contribution in [0.1, 0.15) is 30.5 Å². The van der Waals surface area contributed by atoms with Crippen molar-refractivity contribution in [2.45, 2.75) is 32.7 Å². The Labute approximate surface area is 156 Å². The number of unbranched alkanes of at least 4 members (excludes halogenated alkanes) is 1. The van der Waals surface area contributed by atoms with Crippen LogP contribution in [0.4, 0.5) is 0 Å². The van der Waals surface area contributed by atoms with Crippen molar-refractivity contribution >= 4 is 17.2 Å². The summed E-state index contributed by atoms with van der Waals surface area (Å²) in [6.45, 7) is 2.63. The summed E-state index contributed by atoms with van der Waals surface area (Å²) in [6, 6.07) is 11.2. The molecule has 1 amide bonds. The minimum Gasteiger partial charge on any atom is -0.484 e. The fourth-order valence-corrected chi connectivity index (χ4v) is 2.95. The third-order valence-corrected chi connectivity index (χ3v) is 4.61. The minimum atomic E-state index is -0.152. The lowest BCUT2D eigenvalue weighted by atomic mass is 10.2. The highest BCUT2D eigenvalue weighted by atomic mass is 32.1. The highest BCUT2D eigenvalue weighted by Gasteiger charge is 2.09. The number of benzene rings is 1. The van der Waals surface area contributed by atoms with Crippen LogP contribution in [0.3, 0.4) is 0 Å². The van der Waals surface area contributed by atoms with Crippen molar-refractivity contribution in [2.75, 3.05) is 6.61 Å². The number of aromatic nitrogens is 2. The van der Waals surface area contributed by atoms with Crippen LogP contribution in [0.25, 0.3) is 11.4 Å². The van der Waals surface area contributed by atoms with Crippen LogP contribution in [-0.2, 0) is 17.8 Å². The van der Waals surface area contributed by atoms with E-state index in [0.29, 0.717) is 24.0 Å². The van der Waals surface area contributed by atoms with Crippen LogP contribution in [0.2, 0.25) is 0 Å². The summed E-state index contributed by atoms with van der Waals surface area (Å²) in [5.41, 5.74) is 0.853. The number of carbonyl (C=O) groups excluding carboxylic acids is 1. The molecule has 6 nitrogen and oxygen atoms in total. The molecule has 26 heavy (non-hydrogen) atoms. The first kappa shape index (κ1) is 18.1. The van der Waals surface area contributed by atoms with Crippen LogP contribution in [0.5, 0.6) is 5.75 Å². The number of nitrogens with zero attached hydrogens (tertiary/aromatic N) is 2. The van der Waals surface area contributed by atoms with E-state index in [1.165, 1.54) is 0 Å². The summed E-state index contributed by atoms with van der Waals surface area (Å²) in [6.07, 6.45) is 2.92. The molecule has 2 aromatic heterocycles. The molecule has 1 aromatic carbocycles. The van der Waals surface area contributed by atoms with E-state index in [4.69, 9.17) is 9.26 Å². The average molecular weight is 371 g/mol. The van der Waals surface area contributed by atoms with E-state index >= 15 is 0 Å². The molecule has 0 atom stereocenters. The summed E-state index contributed by atoms with van der Waals surface area (Å²) in [7, 11) is 0. The summed E-state index contributed by atoms with van der Waals surface area (Å²) >= 11 is 1.61. The predicted molar refractivity (Wildman–Crippen MR) is 100 cm³/mol. The number of nitrogens with one attached hydrogen (secondary N) is 1. The summed E-state index contributed by atoms with van der Waals surface area (Å²) in [5, 5.41) is 8.81. The standard InChI is InChI=1S/C19H21N3O3S/c1-2-3-6-18-21-19(22-25-18)14-7-9-15(10-8-14)24-13-17(23)20-12-16-5-4-11-26-16/h4-5,7-11H,2-3,6,12-13H2,1H3,(H,20,23). The van der Waals surface area contributed by atoms with E-state index in [-0.39, 0.29) is 12.5 Å². The minimum absolute atomic E-state index is 0.0197. The third kappa shape index (κ3) is 5.16. The van der Waals surface area contributed by atoms with Crippen molar-refractivity contribution in [1.82, 2.24) is 15.5 Å². The fourth-order valence-electron chi connectivity index (χ4n) is 2.30. The second kappa shape index (κ2) is 9.15. The molecule has 136 valence electrons. The molecule has 3 rings (SSSR count). The van der Waals surface area contributed by atoms with Gasteiger partial charge in [-0.1, -0.05) is 24.6 Å². The number of hydrogen-bond acceptors (Lipinski definition) is 6. The van der Waals surface area contributed by atoms with Crippen LogP contribution in [0, 0.1) is 0 Å². The number of ether oxygens (including phenoxy) is 1. The van der Waals surface area contributed by atoms with E-state index in [1.807, 2.05) is 29.6 Å². The Balaban J connectivity index is 1.48. The number of amides is 1. The van der Waals surface area contributed by atoms with Gasteiger partial charge in [0.25, 0.3) is 5.91 Å². The molecular weight excluding hydrogens is 350 g/mol. The van der Waals surface area contributed by atoms with Gasteiger partial charge in [-0.3, -0.25) is 4.79 Å².